The minimum absolute atomic E-state index is 0.565. The zero-order valence-electron chi connectivity index (χ0n) is 9.08. The van der Waals surface area contributed by atoms with Crippen molar-refractivity contribution in [3.05, 3.63) is 35.4 Å². The number of likely N-dealkylation sites (tertiary alicyclic amines) is 1. The summed E-state index contributed by atoms with van der Waals surface area (Å²) in [6.07, 6.45) is 2.57. The van der Waals surface area contributed by atoms with Crippen LogP contribution in [0.25, 0.3) is 0 Å². The van der Waals surface area contributed by atoms with E-state index >= 15 is 0 Å². The lowest BCUT2D eigenvalue weighted by molar-refractivity contribution is 0.159. The van der Waals surface area contributed by atoms with E-state index in [0.717, 1.165) is 6.54 Å². The van der Waals surface area contributed by atoms with Crippen LogP contribution in [0.1, 0.15) is 23.6 Å². The van der Waals surface area contributed by atoms with Gasteiger partial charge < -0.3 is 10.2 Å². The Morgan fingerprint density at radius 3 is 2.93 bits per heavy atom. The number of nitrogens with zero attached hydrogens (tertiary/aromatic N) is 1. The fourth-order valence-corrected chi connectivity index (χ4v) is 2.58. The van der Waals surface area contributed by atoms with Crippen molar-refractivity contribution in [1.82, 2.24) is 10.2 Å². The zero-order chi connectivity index (χ0) is 10.1. The molecular weight excluding hydrogens is 184 g/mol. The zero-order valence-corrected chi connectivity index (χ0v) is 9.08. The van der Waals surface area contributed by atoms with Crippen molar-refractivity contribution < 1.29 is 0 Å². The predicted molar refractivity (Wildman–Crippen MR) is 61.9 cm³/mol. The molecule has 1 fully saturated rings. The Morgan fingerprint density at radius 1 is 1.27 bits per heavy atom. The SMILES string of the molecule is c1ccc2c(c1)CCNC2CN1CCC1. The van der Waals surface area contributed by atoms with Crippen molar-refractivity contribution in [3.8, 4) is 0 Å². The summed E-state index contributed by atoms with van der Waals surface area (Å²) >= 11 is 0. The number of rotatable bonds is 2. The molecule has 0 radical (unpaired) electrons. The van der Waals surface area contributed by atoms with Crippen LogP contribution in [0, 0.1) is 0 Å². The molecule has 0 spiro atoms. The molecule has 0 aromatic heterocycles. The lowest BCUT2D eigenvalue weighted by atomic mass is 9.93. The number of hydrogen-bond acceptors (Lipinski definition) is 2. The Morgan fingerprint density at radius 2 is 2.13 bits per heavy atom. The van der Waals surface area contributed by atoms with Gasteiger partial charge in [0.15, 0.2) is 0 Å². The highest BCUT2D eigenvalue weighted by Crippen LogP contribution is 2.24. The molecule has 1 aromatic carbocycles. The van der Waals surface area contributed by atoms with Gasteiger partial charge in [0.05, 0.1) is 0 Å². The van der Waals surface area contributed by atoms with E-state index in [1.54, 1.807) is 5.56 Å². The Labute approximate surface area is 91.3 Å². The van der Waals surface area contributed by atoms with E-state index in [4.69, 9.17) is 0 Å². The minimum Gasteiger partial charge on any atom is -0.309 e. The molecule has 2 nitrogen and oxygen atoms in total. The first kappa shape index (κ1) is 9.37. The van der Waals surface area contributed by atoms with E-state index in [2.05, 4.69) is 34.5 Å². The largest absolute Gasteiger partial charge is 0.309 e. The second kappa shape index (κ2) is 3.95. The highest BCUT2D eigenvalue weighted by Gasteiger charge is 2.23. The fraction of sp³-hybridized carbons (Fsp3) is 0.538. The standard InChI is InChI=1S/C13H18N2/c1-2-5-12-11(4-1)6-7-14-13(12)10-15-8-3-9-15/h1-2,4-5,13-14H,3,6-10H2. The van der Waals surface area contributed by atoms with Crippen LogP contribution in [0.5, 0.6) is 0 Å². The monoisotopic (exact) mass is 202 g/mol. The van der Waals surface area contributed by atoms with Gasteiger partial charge in [-0.25, -0.2) is 0 Å². The van der Waals surface area contributed by atoms with Gasteiger partial charge in [0, 0.05) is 12.6 Å². The average Bonchev–Trinajstić information content (AvgIpc) is 2.23. The van der Waals surface area contributed by atoms with Crippen LogP contribution < -0.4 is 5.32 Å². The van der Waals surface area contributed by atoms with Crippen LogP contribution in [0.4, 0.5) is 0 Å². The van der Waals surface area contributed by atoms with E-state index in [1.807, 2.05) is 0 Å². The van der Waals surface area contributed by atoms with Gasteiger partial charge in [0.2, 0.25) is 0 Å². The molecule has 2 heterocycles. The molecule has 0 bridgehead atoms. The maximum absolute atomic E-state index is 3.63. The average molecular weight is 202 g/mol. The van der Waals surface area contributed by atoms with Crippen molar-refractivity contribution in [3.63, 3.8) is 0 Å². The molecular formula is C13H18N2. The van der Waals surface area contributed by atoms with Crippen molar-refractivity contribution in [2.45, 2.75) is 18.9 Å². The third kappa shape index (κ3) is 1.80. The van der Waals surface area contributed by atoms with E-state index in [-0.39, 0.29) is 0 Å². The topological polar surface area (TPSA) is 15.3 Å². The molecule has 80 valence electrons. The van der Waals surface area contributed by atoms with Crippen LogP contribution in [0.2, 0.25) is 0 Å². The number of fused-ring (bicyclic) bond motifs is 1. The molecule has 2 aliphatic rings. The second-order valence-corrected chi connectivity index (χ2v) is 4.61. The maximum atomic E-state index is 3.63. The third-order valence-corrected chi connectivity index (χ3v) is 3.61. The van der Waals surface area contributed by atoms with E-state index in [9.17, 15) is 0 Å². The first-order valence-corrected chi connectivity index (χ1v) is 5.97. The van der Waals surface area contributed by atoms with Gasteiger partial charge in [0.25, 0.3) is 0 Å². The van der Waals surface area contributed by atoms with Gasteiger partial charge in [-0.2, -0.15) is 0 Å². The highest BCUT2D eigenvalue weighted by molar-refractivity contribution is 5.32. The Bertz CT molecular complexity index is 344. The number of nitrogens with one attached hydrogen (secondary N) is 1. The highest BCUT2D eigenvalue weighted by atomic mass is 15.2. The molecule has 15 heavy (non-hydrogen) atoms. The summed E-state index contributed by atoms with van der Waals surface area (Å²) in [6, 6.07) is 9.45. The van der Waals surface area contributed by atoms with Gasteiger partial charge in [-0.15, -0.1) is 0 Å². The molecule has 3 rings (SSSR count). The van der Waals surface area contributed by atoms with Crippen molar-refractivity contribution >= 4 is 0 Å². The van der Waals surface area contributed by atoms with Crippen LogP contribution in [0.15, 0.2) is 24.3 Å². The lowest BCUT2D eigenvalue weighted by Gasteiger charge is -2.36. The van der Waals surface area contributed by atoms with Gasteiger partial charge in [-0.05, 0) is 43.6 Å². The number of hydrogen-bond donors (Lipinski definition) is 1. The van der Waals surface area contributed by atoms with E-state index in [0.29, 0.717) is 6.04 Å². The van der Waals surface area contributed by atoms with Crippen LogP contribution in [-0.2, 0) is 6.42 Å². The van der Waals surface area contributed by atoms with Gasteiger partial charge in [-0.1, -0.05) is 24.3 Å². The molecule has 0 amide bonds. The molecule has 1 atom stereocenters. The molecule has 1 aromatic rings. The van der Waals surface area contributed by atoms with Crippen molar-refractivity contribution in [1.29, 1.82) is 0 Å². The lowest BCUT2D eigenvalue weighted by Crippen LogP contribution is -2.44. The molecule has 0 saturated carbocycles. The van der Waals surface area contributed by atoms with Gasteiger partial charge >= 0.3 is 0 Å². The Balaban J connectivity index is 1.79. The first-order valence-electron chi connectivity index (χ1n) is 5.97. The predicted octanol–water partition coefficient (Wildman–Crippen LogP) is 1.58. The van der Waals surface area contributed by atoms with Crippen LogP contribution in [-0.4, -0.2) is 31.1 Å². The molecule has 1 N–H and O–H groups in total. The molecule has 1 unspecified atom stereocenters. The Kier molecular flexibility index (Phi) is 2.47. The van der Waals surface area contributed by atoms with Crippen molar-refractivity contribution in [2.75, 3.05) is 26.2 Å². The molecule has 0 aliphatic carbocycles. The molecule has 2 aliphatic heterocycles. The normalized spacial score (nSPS) is 25.7. The van der Waals surface area contributed by atoms with Crippen LogP contribution >= 0.6 is 0 Å². The fourth-order valence-electron chi connectivity index (χ4n) is 2.58. The molecule has 1 saturated heterocycles. The number of benzene rings is 1. The quantitative estimate of drug-likeness (QED) is 0.783. The summed E-state index contributed by atoms with van der Waals surface area (Å²) in [6.45, 7) is 4.91. The first-order chi connectivity index (χ1) is 7.43. The molecule has 2 heteroatoms. The summed E-state index contributed by atoms with van der Waals surface area (Å²) in [5, 5.41) is 3.63. The summed E-state index contributed by atoms with van der Waals surface area (Å²) < 4.78 is 0. The maximum Gasteiger partial charge on any atom is 0.0452 e. The summed E-state index contributed by atoms with van der Waals surface area (Å²) in [7, 11) is 0. The second-order valence-electron chi connectivity index (χ2n) is 4.61. The summed E-state index contributed by atoms with van der Waals surface area (Å²) in [5.41, 5.74) is 3.07. The van der Waals surface area contributed by atoms with Crippen LogP contribution in [0.3, 0.4) is 0 Å². The van der Waals surface area contributed by atoms with E-state index in [1.165, 1.54) is 38.0 Å². The minimum atomic E-state index is 0.565. The van der Waals surface area contributed by atoms with Gasteiger partial charge in [0.1, 0.15) is 0 Å². The smallest absolute Gasteiger partial charge is 0.0452 e. The third-order valence-electron chi connectivity index (χ3n) is 3.61. The van der Waals surface area contributed by atoms with Crippen molar-refractivity contribution in [2.24, 2.45) is 0 Å². The summed E-state index contributed by atoms with van der Waals surface area (Å²) in [5.74, 6) is 0. The Hall–Kier alpha value is -0.860. The van der Waals surface area contributed by atoms with E-state index < -0.39 is 0 Å². The van der Waals surface area contributed by atoms with Gasteiger partial charge in [-0.3, -0.25) is 0 Å². The summed E-state index contributed by atoms with van der Waals surface area (Å²) in [4.78, 5) is 2.54.